The van der Waals surface area contributed by atoms with Crippen molar-refractivity contribution in [1.82, 2.24) is 15.3 Å². The monoisotopic (exact) mass is 300 g/mol. The van der Waals surface area contributed by atoms with Crippen LogP contribution in [0, 0.1) is 11.2 Å². The molecule has 2 aliphatic rings. The van der Waals surface area contributed by atoms with E-state index in [-0.39, 0.29) is 29.0 Å². The molecule has 1 aromatic carbocycles. The molecule has 114 valence electrons. The highest BCUT2D eigenvalue weighted by Gasteiger charge is 2.57. The standard InChI is InChI=1S/C16H17FN4O/c17-9-6-10(14-11(7-9)19-4-5-20-14)15(22)21-13-8-12(18)16(13)2-1-3-16/h4-7,12-13H,1-3,8,18H2,(H,21,22). The van der Waals surface area contributed by atoms with E-state index in [1.807, 2.05) is 0 Å². The summed E-state index contributed by atoms with van der Waals surface area (Å²) in [7, 11) is 0. The van der Waals surface area contributed by atoms with Gasteiger partial charge in [0.25, 0.3) is 5.91 Å². The molecular weight excluding hydrogens is 283 g/mol. The zero-order valence-corrected chi connectivity index (χ0v) is 12.1. The number of aromatic nitrogens is 2. The third-order valence-corrected chi connectivity index (χ3v) is 5.29. The minimum Gasteiger partial charge on any atom is -0.349 e. The third-order valence-electron chi connectivity index (χ3n) is 5.29. The van der Waals surface area contributed by atoms with E-state index >= 15 is 0 Å². The molecule has 1 aromatic heterocycles. The van der Waals surface area contributed by atoms with E-state index in [0.29, 0.717) is 11.0 Å². The maximum atomic E-state index is 13.7. The van der Waals surface area contributed by atoms with Crippen molar-refractivity contribution in [3.8, 4) is 0 Å². The van der Waals surface area contributed by atoms with E-state index in [1.54, 1.807) is 0 Å². The van der Waals surface area contributed by atoms with Gasteiger partial charge < -0.3 is 11.1 Å². The topological polar surface area (TPSA) is 80.9 Å². The molecule has 5 nitrogen and oxygen atoms in total. The molecule has 0 radical (unpaired) electrons. The van der Waals surface area contributed by atoms with Crippen LogP contribution in [-0.2, 0) is 0 Å². The fourth-order valence-corrected chi connectivity index (χ4v) is 3.78. The summed E-state index contributed by atoms with van der Waals surface area (Å²) in [5, 5.41) is 3.02. The lowest BCUT2D eigenvalue weighted by atomic mass is 9.50. The lowest BCUT2D eigenvalue weighted by Gasteiger charge is -2.60. The van der Waals surface area contributed by atoms with Crippen LogP contribution in [0.5, 0.6) is 0 Å². The Morgan fingerprint density at radius 3 is 2.77 bits per heavy atom. The van der Waals surface area contributed by atoms with Crippen LogP contribution in [0.3, 0.4) is 0 Å². The highest BCUT2D eigenvalue weighted by Crippen LogP contribution is 2.55. The van der Waals surface area contributed by atoms with Crippen molar-refractivity contribution in [2.75, 3.05) is 0 Å². The molecule has 2 unspecified atom stereocenters. The Morgan fingerprint density at radius 2 is 2.09 bits per heavy atom. The van der Waals surface area contributed by atoms with E-state index < -0.39 is 5.82 Å². The van der Waals surface area contributed by atoms with E-state index in [0.717, 1.165) is 25.7 Å². The van der Waals surface area contributed by atoms with Gasteiger partial charge in [-0.15, -0.1) is 0 Å². The molecule has 2 fully saturated rings. The molecule has 0 saturated heterocycles. The van der Waals surface area contributed by atoms with Crippen LogP contribution >= 0.6 is 0 Å². The van der Waals surface area contributed by atoms with Crippen molar-refractivity contribution < 1.29 is 9.18 Å². The quantitative estimate of drug-likeness (QED) is 0.885. The third kappa shape index (κ3) is 1.83. The summed E-state index contributed by atoms with van der Waals surface area (Å²) in [6.07, 6.45) is 7.05. The summed E-state index contributed by atoms with van der Waals surface area (Å²) in [4.78, 5) is 20.8. The van der Waals surface area contributed by atoms with Gasteiger partial charge in [-0.3, -0.25) is 14.8 Å². The molecule has 0 bridgehead atoms. The molecule has 2 aromatic rings. The maximum absolute atomic E-state index is 13.7. The number of hydrogen-bond acceptors (Lipinski definition) is 4. The average molecular weight is 300 g/mol. The van der Waals surface area contributed by atoms with Crippen LogP contribution in [0.15, 0.2) is 24.5 Å². The number of nitrogens with two attached hydrogens (primary N) is 1. The molecule has 1 heterocycles. The number of halogens is 1. The Kier molecular flexibility index (Phi) is 2.91. The first-order valence-corrected chi connectivity index (χ1v) is 7.57. The summed E-state index contributed by atoms with van der Waals surface area (Å²) < 4.78 is 13.7. The SMILES string of the molecule is NC1CC(NC(=O)c2cc(F)cc3nccnc23)C12CCC2. The zero-order chi connectivity index (χ0) is 15.3. The molecule has 3 N–H and O–H groups in total. The Morgan fingerprint density at radius 1 is 1.32 bits per heavy atom. The van der Waals surface area contributed by atoms with Gasteiger partial charge in [0, 0.05) is 36.0 Å². The van der Waals surface area contributed by atoms with Gasteiger partial charge in [-0.05, 0) is 25.3 Å². The van der Waals surface area contributed by atoms with Crippen molar-refractivity contribution in [3.63, 3.8) is 0 Å². The van der Waals surface area contributed by atoms with Crippen LogP contribution in [0.25, 0.3) is 11.0 Å². The second-order valence-electron chi connectivity index (χ2n) is 6.33. The minimum atomic E-state index is -0.484. The average Bonchev–Trinajstić information content (AvgIpc) is 2.43. The van der Waals surface area contributed by atoms with Gasteiger partial charge in [-0.1, -0.05) is 6.42 Å². The lowest BCUT2D eigenvalue weighted by molar-refractivity contribution is -0.0389. The Bertz CT molecular complexity index is 759. The smallest absolute Gasteiger partial charge is 0.253 e. The molecule has 2 aliphatic carbocycles. The molecule has 2 atom stereocenters. The number of benzene rings is 1. The fraction of sp³-hybridized carbons (Fsp3) is 0.438. The van der Waals surface area contributed by atoms with Gasteiger partial charge in [-0.2, -0.15) is 0 Å². The van der Waals surface area contributed by atoms with Gasteiger partial charge in [0.05, 0.1) is 11.1 Å². The van der Waals surface area contributed by atoms with Crippen LogP contribution in [0.2, 0.25) is 0 Å². The maximum Gasteiger partial charge on any atom is 0.253 e. The van der Waals surface area contributed by atoms with Gasteiger partial charge in [0.1, 0.15) is 11.3 Å². The summed E-state index contributed by atoms with van der Waals surface area (Å²) in [6, 6.07) is 2.75. The molecule has 1 amide bonds. The number of nitrogens with zero attached hydrogens (tertiary/aromatic N) is 2. The molecule has 22 heavy (non-hydrogen) atoms. The van der Waals surface area contributed by atoms with Crippen molar-refractivity contribution in [3.05, 3.63) is 35.9 Å². The van der Waals surface area contributed by atoms with E-state index in [4.69, 9.17) is 5.73 Å². The summed E-state index contributed by atoms with van der Waals surface area (Å²) in [5.74, 6) is -0.782. The number of hydrogen-bond donors (Lipinski definition) is 2. The first-order chi connectivity index (χ1) is 10.6. The number of fused-ring (bicyclic) bond motifs is 1. The number of rotatable bonds is 2. The van der Waals surface area contributed by atoms with Gasteiger partial charge in [0.15, 0.2) is 0 Å². The van der Waals surface area contributed by atoms with Crippen LogP contribution < -0.4 is 11.1 Å². The highest BCUT2D eigenvalue weighted by atomic mass is 19.1. The molecule has 6 heteroatoms. The first-order valence-electron chi connectivity index (χ1n) is 7.57. The summed E-state index contributed by atoms with van der Waals surface area (Å²) >= 11 is 0. The highest BCUT2D eigenvalue weighted by molar-refractivity contribution is 6.04. The Balaban J connectivity index is 1.64. The van der Waals surface area contributed by atoms with Crippen molar-refractivity contribution >= 4 is 16.9 Å². The molecule has 4 rings (SSSR count). The van der Waals surface area contributed by atoms with Crippen molar-refractivity contribution in [2.45, 2.75) is 37.8 Å². The molecular formula is C16H17FN4O. The summed E-state index contributed by atoms with van der Waals surface area (Å²) in [6.45, 7) is 0. The second kappa shape index (κ2) is 4.71. The van der Waals surface area contributed by atoms with Crippen LogP contribution in [0.1, 0.15) is 36.0 Å². The number of nitrogens with one attached hydrogen (secondary N) is 1. The second-order valence-corrected chi connectivity index (χ2v) is 6.33. The molecule has 0 aliphatic heterocycles. The number of amides is 1. The fourth-order valence-electron chi connectivity index (χ4n) is 3.78. The Labute approximate surface area is 127 Å². The largest absolute Gasteiger partial charge is 0.349 e. The molecule has 1 spiro atoms. The van der Waals surface area contributed by atoms with Crippen LogP contribution in [-0.4, -0.2) is 28.0 Å². The zero-order valence-electron chi connectivity index (χ0n) is 12.1. The predicted molar refractivity (Wildman–Crippen MR) is 79.6 cm³/mol. The van der Waals surface area contributed by atoms with Crippen molar-refractivity contribution in [2.24, 2.45) is 11.1 Å². The number of carbonyl (C=O) groups excluding carboxylic acids is 1. The predicted octanol–water partition coefficient (Wildman–Crippen LogP) is 1.77. The van der Waals surface area contributed by atoms with E-state index in [1.165, 1.54) is 24.5 Å². The summed E-state index contributed by atoms with van der Waals surface area (Å²) in [5.41, 5.74) is 7.21. The number of carbonyl (C=O) groups is 1. The first kappa shape index (κ1) is 13.6. The Hall–Kier alpha value is -2.08. The van der Waals surface area contributed by atoms with E-state index in [2.05, 4.69) is 15.3 Å². The van der Waals surface area contributed by atoms with E-state index in [9.17, 15) is 9.18 Å². The lowest BCUT2D eigenvalue weighted by Crippen LogP contribution is -2.69. The van der Waals surface area contributed by atoms with Gasteiger partial charge >= 0.3 is 0 Å². The van der Waals surface area contributed by atoms with Crippen molar-refractivity contribution in [1.29, 1.82) is 0 Å². The minimum absolute atomic E-state index is 0.0600. The van der Waals surface area contributed by atoms with Gasteiger partial charge in [0.2, 0.25) is 0 Å². The molecule has 2 saturated carbocycles. The van der Waals surface area contributed by atoms with Crippen LogP contribution in [0.4, 0.5) is 4.39 Å². The normalized spacial score (nSPS) is 25.5. The van der Waals surface area contributed by atoms with Gasteiger partial charge in [-0.25, -0.2) is 4.39 Å².